The Morgan fingerprint density at radius 3 is 2.50 bits per heavy atom. The maximum Gasteiger partial charge on any atom is 0.139 e. The molecule has 0 saturated carbocycles. The number of rotatable bonds is 5. The molecule has 0 aliphatic carbocycles. The fraction of sp³-hybridized carbons (Fsp3) is 0.182. The number of pyridine rings is 1. The summed E-state index contributed by atoms with van der Waals surface area (Å²) in [6.07, 6.45) is 1.83. The molecule has 0 saturated heterocycles. The molecule has 152 valence electrons. The predicted octanol–water partition coefficient (Wildman–Crippen LogP) is 4.91. The Morgan fingerprint density at radius 1 is 1.07 bits per heavy atom. The molecule has 0 spiro atoms. The molecule has 2 N–H and O–H groups in total. The Hall–Kier alpha value is -3.16. The van der Waals surface area contributed by atoms with Gasteiger partial charge in [0.1, 0.15) is 17.6 Å². The monoisotopic (exact) mass is 441 g/mol. The molecule has 0 unspecified atom stereocenters. The maximum absolute atomic E-state index is 9.61. The maximum atomic E-state index is 9.61. The number of nitrogens with one attached hydrogen (secondary N) is 1. The lowest BCUT2D eigenvalue weighted by Gasteiger charge is -2.15. The summed E-state index contributed by atoms with van der Waals surface area (Å²) in [4.78, 5) is 4.37. The Labute approximate surface area is 184 Å². The van der Waals surface area contributed by atoms with Crippen LogP contribution in [0.25, 0.3) is 10.9 Å². The molecule has 8 heteroatoms. The zero-order valence-electron chi connectivity index (χ0n) is 16.2. The Morgan fingerprint density at radius 2 is 1.83 bits per heavy atom. The number of hydrogen-bond acceptors (Lipinski definition) is 6. The third kappa shape index (κ3) is 4.37. The Kier molecular flexibility index (Phi) is 6.87. The highest BCUT2D eigenvalue weighted by atomic mass is 35.5. The molecule has 0 fully saturated rings. The van der Waals surface area contributed by atoms with E-state index in [2.05, 4.69) is 28.2 Å². The SMILES string of the molecule is COc1cc(Nc2c(C#N)cnc3cc(C#CCCO)c(OC)cc23)c(Cl)cc1Cl. The number of aliphatic hydroxyl groups excluding tert-OH is 1. The molecule has 3 rings (SSSR count). The van der Waals surface area contributed by atoms with E-state index in [-0.39, 0.29) is 6.61 Å². The van der Waals surface area contributed by atoms with E-state index >= 15 is 0 Å². The molecule has 0 radical (unpaired) electrons. The summed E-state index contributed by atoms with van der Waals surface area (Å²) in [7, 11) is 3.04. The lowest BCUT2D eigenvalue weighted by molar-refractivity contribution is 0.305. The summed E-state index contributed by atoms with van der Waals surface area (Å²) < 4.78 is 10.7. The molecule has 0 aliphatic heterocycles. The van der Waals surface area contributed by atoms with Crippen molar-refractivity contribution in [3.63, 3.8) is 0 Å². The first-order chi connectivity index (χ1) is 14.5. The highest BCUT2D eigenvalue weighted by Crippen LogP contribution is 2.38. The molecule has 0 aliphatic rings. The zero-order chi connectivity index (χ0) is 21.7. The summed E-state index contributed by atoms with van der Waals surface area (Å²) in [5.74, 6) is 6.81. The molecule has 1 heterocycles. The third-order valence-electron chi connectivity index (χ3n) is 4.27. The number of methoxy groups -OCH3 is 2. The number of nitriles is 1. The minimum atomic E-state index is -0.0218. The predicted molar refractivity (Wildman–Crippen MR) is 118 cm³/mol. The second kappa shape index (κ2) is 9.56. The average Bonchev–Trinajstić information content (AvgIpc) is 2.75. The highest BCUT2D eigenvalue weighted by molar-refractivity contribution is 6.37. The number of aliphatic hydroxyl groups is 1. The summed E-state index contributed by atoms with van der Waals surface area (Å²) in [6.45, 7) is -0.0218. The van der Waals surface area contributed by atoms with E-state index in [1.165, 1.54) is 20.4 Å². The minimum Gasteiger partial charge on any atom is -0.495 e. The average molecular weight is 442 g/mol. The normalized spacial score (nSPS) is 10.1. The van der Waals surface area contributed by atoms with Crippen molar-refractivity contribution in [3.8, 4) is 29.4 Å². The van der Waals surface area contributed by atoms with Crippen molar-refractivity contribution in [3.05, 3.63) is 51.6 Å². The van der Waals surface area contributed by atoms with Gasteiger partial charge < -0.3 is 19.9 Å². The molecular formula is C22H17Cl2N3O3. The molecule has 0 atom stereocenters. The molecule has 0 amide bonds. The number of halogens is 2. The van der Waals surface area contributed by atoms with Gasteiger partial charge in [0.2, 0.25) is 0 Å². The Balaban J connectivity index is 2.19. The van der Waals surface area contributed by atoms with Crippen LogP contribution < -0.4 is 14.8 Å². The summed E-state index contributed by atoms with van der Waals surface area (Å²) in [5.41, 5.74) is 2.61. The first-order valence-corrected chi connectivity index (χ1v) is 9.58. The van der Waals surface area contributed by atoms with E-state index in [1.807, 2.05) is 0 Å². The van der Waals surface area contributed by atoms with Gasteiger partial charge in [-0.3, -0.25) is 4.98 Å². The lowest BCUT2D eigenvalue weighted by Crippen LogP contribution is -1.99. The van der Waals surface area contributed by atoms with Gasteiger partial charge in [0.25, 0.3) is 0 Å². The number of aromatic nitrogens is 1. The lowest BCUT2D eigenvalue weighted by atomic mass is 10.1. The van der Waals surface area contributed by atoms with Gasteiger partial charge in [0.15, 0.2) is 0 Å². The van der Waals surface area contributed by atoms with Crippen molar-refractivity contribution in [1.82, 2.24) is 4.98 Å². The van der Waals surface area contributed by atoms with Crippen molar-refractivity contribution >= 4 is 45.5 Å². The van der Waals surface area contributed by atoms with Gasteiger partial charge in [-0.2, -0.15) is 5.26 Å². The van der Waals surface area contributed by atoms with Crippen LogP contribution in [0, 0.1) is 23.2 Å². The number of ether oxygens (including phenoxy) is 2. The topological polar surface area (TPSA) is 87.4 Å². The zero-order valence-corrected chi connectivity index (χ0v) is 17.7. The smallest absolute Gasteiger partial charge is 0.139 e. The van der Waals surface area contributed by atoms with Crippen LogP contribution in [0.4, 0.5) is 11.4 Å². The number of nitrogens with zero attached hydrogens (tertiary/aromatic N) is 2. The van der Waals surface area contributed by atoms with Crippen molar-refractivity contribution in [2.75, 3.05) is 26.1 Å². The van der Waals surface area contributed by atoms with Gasteiger partial charge in [-0.25, -0.2) is 0 Å². The fourth-order valence-electron chi connectivity index (χ4n) is 2.83. The molecule has 1 aromatic heterocycles. The van der Waals surface area contributed by atoms with Gasteiger partial charge in [0.05, 0.1) is 58.9 Å². The third-order valence-corrected chi connectivity index (χ3v) is 4.88. The van der Waals surface area contributed by atoms with Crippen molar-refractivity contribution in [1.29, 1.82) is 5.26 Å². The standard InChI is InChI=1S/C22H17Cl2N3O3/c1-29-20-8-15-18(7-13(20)5-3-4-6-28)26-12-14(11-25)22(15)27-19-10-21(30-2)17(24)9-16(19)23/h7-10,12,28H,4,6H2,1-2H3,(H,26,27). The van der Waals surface area contributed by atoms with Crippen LogP contribution in [0.3, 0.4) is 0 Å². The minimum absolute atomic E-state index is 0.0218. The number of fused-ring (bicyclic) bond motifs is 1. The summed E-state index contributed by atoms with van der Waals surface area (Å²) in [5, 5.41) is 23.2. The van der Waals surface area contributed by atoms with Crippen LogP contribution in [-0.2, 0) is 0 Å². The molecule has 30 heavy (non-hydrogen) atoms. The van der Waals surface area contributed by atoms with Gasteiger partial charge >= 0.3 is 0 Å². The quantitative estimate of drug-likeness (QED) is 0.547. The van der Waals surface area contributed by atoms with E-state index in [0.29, 0.717) is 61.4 Å². The number of benzene rings is 2. The Bertz CT molecular complexity index is 1210. The molecule has 6 nitrogen and oxygen atoms in total. The van der Waals surface area contributed by atoms with Gasteiger partial charge in [-0.1, -0.05) is 35.0 Å². The van der Waals surface area contributed by atoms with E-state index in [4.69, 9.17) is 37.8 Å². The van der Waals surface area contributed by atoms with Crippen molar-refractivity contribution in [2.45, 2.75) is 6.42 Å². The molecule has 2 aromatic carbocycles. The van der Waals surface area contributed by atoms with E-state index in [9.17, 15) is 5.26 Å². The first kappa shape index (κ1) is 21.5. The van der Waals surface area contributed by atoms with Crippen LogP contribution in [0.5, 0.6) is 11.5 Å². The van der Waals surface area contributed by atoms with E-state index in [0.717, 1.165) is 0 Å². The van der Waals surface area contributed by atoms with Gasteiger partial charge in [-0.05, 0) is 18.2 Å². The van der Waals surface area contributed by atoms with Crippen LogP contribution in [0.15, 0.2) is 30.5 Å². The van der Waals surface area contributed by atoms with Crippen LogP contribution >= 0.6 is 23.2 Å². The second-order valence-corrected chi connectivity index (χ2v) is 6.91. The van der Waals surface area contributed by atoms with Crippen LogP contribution in [0.1, 0.15) is 17.5 Å². The molecule has 0 bridgehead atoms. The van der Waals surface area contributed by atoms with E-state index < -0.39 is 0 Å². The first-order valence-electron chi connectivity index (χ1n) is 8.83. The van der Waals surface area contributed by atoms with Crippen molar-refractivity contribution in [2.24, 2.45) is 0 Å². The van der Waals surface area contributed by atoms with Crippen LogP contribution in [0.2, 0.25) is 10.0 Å². The number of hydrogen-bond donors (Lipinski definition) is 2. The van der Waals surface area contributed by atoms with Crippen LogP contribution in [-0.4, -0.2) is 30.9 Å². The largest absolute Gasteiger partial charge is 0.495 e. The summed E-state index contributed by atoms with van der Waals surface area (Å²) in [6, 6.07) is 8.89. The second-order valence-electron chi connectivity index (χ2n) is 6.10. The van der Waals surface area contributed by atoms with Gasteiger partial charge in [0, 0.05) is 24.1 Å². The fourth-order valence-corrected chi connectivity index (χ4v) is 3.34. The van der Waals surface area contributed by atoms with E-state index in [1.54, 1.807) is 24.3 Å². The molecule has 3 aromatic rings. The summed E-state index contributed by atoms with van der Waals surface area (Å²) >= 11 is 12.5. The van der Waals surface area contributed by atoms with Gasteiger partial charge in [-0.15, -0.1) is 0 Å². The van der Waals surface area contributed by atoms with Crippen molar-refractivity contribution < 1.29 is 14.6 Å². The number of anilines is 2. The molecular weight excluding hydrogens is 425 g/mol. The highest BCUT2D eigenvalue weighted by Gasteiger charge is 2.15.